The Morgan fingerprint density at radius 2 is 1.68 bits per heavy atom. The molecule has 1 rings (SSSR count). The zero-order chi connectivity index (χ0) is 14.3. The first-order chi connectivity index (χ1) is 9.08. The summed E-state index contributed by atoms with van der Waals surface area (Å²) in [6.45, 7) is 1.68. The second-order valence-electron chi connectivity index (χ2n) is 4.06. The molecule has 104 valence electrons. The van der Waals surface area contributed by atoms with Crippen LogP contribution in [-0.2, 0) is 11.2 Å². The number of hydrogen-bond acceptors (Lipinski definition) is 5. The van der Waals surface area contributed by atoms with Gasteiger partial charge in [-0.3, -0.25) is 14.9 Å². The van der Waals surface area contributed by atoms with E-state index in [1.165, 1.54) is 12.1 Å². The highest BCUT2D eigenvalue weighted by atomic mass is 16.6. The number of carbonyl (C=O) groups is 1. The fraction of sp³-hybridized carbons (Fsp3) is 0.417. The van der Waals surface area contributed by atoms with Gasteiger partial charge in [-0.2, -0.15) is 0 Å². The number of amides is 1. The van der Waals surface area contributed by atoms with Crippen LogP contribution >= 0.6 is 0 Å². The molecule has 1 aromatic carbocycles. The number of nitro groups is 1. The predicted octanol–water partition coefficient (Wildman–Crippen LogP) is -0.117. The van der Waals surface area contributed by atoms with Crippen LogP contribution in [0, 0.1) is 10.1 Å². The molecular weight excluding hydrogens is 248 g/mol. The maximum atomic E-state index is 12.0. The third-order valence-corrected chi connectivity index (χ3v) is 2.65. The Hall–Kier alpha value is -1.99. The van der Waals surface area contributed by atoms with Gasteiger partial charge in [-0.25, -0.2) is 0 Å². The second-order valence-corrected chi connectivity index (χ2v) is 4.06. The molecule has 1 aromatic rings. The monoisotopic (exact) mass is 266 g/mol. The van der Waals surface area contributed by atoms with E-state index in [4.69, 9.17) is 11.5 Å². The van der Waals surface area contributed by atoms with Gasteiger partial charge < -0.3 is 16.4 Å². The lowest BCUT2D eigenvalue weighted by Crippen LogP contribution is -2.39. The summed E-state index contributed by atoms with van der Waals surface area (Å²) in [7, 11) is 0. The molecule has 0 aromatic heterocycles. The lowest BCUT2D eigenvalue weighted by Gasteiger charge is -2.21. The molecule has 0 heterocycles. The van der Waals surface area contributed by atoms with E-state index in [1.54, 1.807) is 17.0 Å². The fourth-order valence-corrected chi connectivity index (χ4v) is 1.69. The van der Waals surface area contributed by atoms with E-state index in [2.05, 4.69) is 0 Å². The highest BCUT2D eigenvalue weighted by Crippen LogP contribution is 2.12. The van der Waals surface area contributed by atoms with Crippen molar-refractivity contribution < 1.29 is 9.72 Å². The van der Waals surface area contributed by atoms with Crippen molar-refractivity contribution in [1.82, 2.24) is 4.90 Å². The summed E-state index contributed by atoms with van der Waals surface area (Å²) in [5.74, 6) is -0.0789. The van der Waals surface area contributed by atoms with Gasteiger partial charge in [0.1, 0.15) is 0 Å². The average molecular weight is 266 g/mol. The van der Waals surface area contributed by atoms with Crippen molar-refractivity contribution in [2.24, 2.45) is 11.5 Å². The van der Waals surface area contributed by atoms with E-state index in [0.29, 0.717) is 26.2 Å². The first-order valence-electron chi connectivity index (χ1n) is 5.99. The smallest absolute Gasteiger partial charge is 0.269 e. The molecule has 0 bridgehead atoms. The molecule has 19 heavy (non-hydrogen) atoms. The number of carbonyl (C=O) groups excluding carboxylic acids is 1. The van der Waals surface area contributed by atoms with Gasteiger partial charge in [-0.15, -0.1) is 0 Å². The van der Waals surface area contributed by atoms with Crippen LogP contribution in [-0.4, -0.2) is 41.9 Å². The van der Waals surface area contributed by atoms with Crippen molar-refractivity contribution >= 4 is 11.6 Å². The summed E-state index contributed by atoms with van der Waals surface area (Å²) in [6, 6.07) is 5.94. The minimum absolute atomic E-state index is 0.0111. The summed E-state index contributed by atoms with van der Waals surface area (Å²) in [6.07, 6.45) is 0.192. The summed E-state index contributed by atoms with van der Waals surface area (Å²) < 4.78 is 0. The molecule has 0 radical (unpaired) electrons. The Bertz CT molecular complexity index is 427. The van der Waals surface area contributed by atoms with Gasteiger partial charge in [0.15, 0.2) is 0 Å². The van der Waals surface area contributed by atoms with Crippen LogP contribution in [0.3, 0.4) is 0 Å². The van der Waals surface area contributed by atoms with Crippen molar-refractivity contribution in [2.75, 3.05) is 26.2 Å². The first-order valence-corrected chi connectivity index (χ1v) is 5.99. The van der Waals surface area contributed by atoms with E-state index < -0.39 is 4.92 Å². The van der Waals surface area contributed by atoms with Crippen LogP contribution in [0.25, 0.3) is 0 Å². The molecule has 0 atom stereocenters. The fourth-order valence-electron chi connectivity index (χ4n) is 1.69. The molecule has 0 unspecified atom stereocenters. The van der Waals surface area contributed by atoms with Crippen molar-refractivity contribution in [1.29, 1.82) is 0 Å². The average Bonchev–Trinajstić information content (AvgIpc) is 2.39. The number of nitro benzene ring substituents is 1. The van der Waals surface area contributed by atoms with Gasteiger partial charge in [0, 0.05) is 38.3 Å². The molecule has 1 amide bonds. The SMILES string of the molecule is NCCN(CCN)C(=O)Cc1ccc([N+](=O)[O-])cc1. The Balaban J connectivity index is 2.66. The maximum absolute atomic E-state index is 12.0. The van der Waals surface area contributed by atoms with Gasteiger partial charge in [0.25, 0.3) is 5.69 Å². The molecule has 7 heteroatoms. The number of nitrogens with zero attached hydrogens (tertiary/aromatic N) is 2. The number of non-ortho nitro benzene ring substituents is 1. The Morgan fingerprint density at radius 1 is 1.16 bits per heavy atom. The minimum Gasteiger partial charge on any atom is -0.340 e. The van der Waals surface area contributed by atoms with Crippen LogP contribution in [0.15, 0.2) is 24.3 Å². The normalized spacial score (nSPS) is 10.2. The molecule has 4 N–H and O–H groups in total. The Kier molecular flexibility index (Phi) is 5.91. The highest BCUT2D eigenvalue weighted by molar-refractivity contribution is 5.78. The summed E-state index contributed by atoms with van der Waals surface area (Å²) in [5.41, 5.74) is 11.6. The molecule has 0 aliphatic heterocycles. The van der Waals surface area contributed by atoms with Crippen molar-refractivity contribution in [3.8, 4) is 0 Å². The Labute approximate surface area is 111 Å². The van der Waals surface area contributed by atoms with E-state index in [-0.39, 0.29) is 18.0 Å². The molecule has 0 aliphatic carbocycles. The van der Waals surface area contributed by atoms with E-state index >= 15 is 0 Å². The van der Waals surface area contributed by atoms with E-state index in [9.17, 15) is 14.9 Å². The van der Waals surface area contributed by atoms with Crippen molar-refractivity contribution in [3.63, 3.8) is 0 Å². The zero-order valence-corrected chi connectivity index (χ0v) is 10.6. The van der Waals surface area contributed by atoms with Gasteiger partial charge in [0.05, 0.1) is 11.3 Å². The van der Waals surface area contributed by atoms with Crippen molar-refractivity contribution in [2.45, 2.75) is 6.42 Å². The summed E-state index contributed by atoms with van der Waals surface area (Å²) >= 11 is 0. The minimum atomic E-state index is -0.471. The second kappa shape index (κ2) is 7.45. The van der Waals surface area contributed by atoms with Gasteiger partial charge >= 0.3 is 0 Å². The maximum Gasteiger partial charge on any atom is 0.269 e. The van der Waals surface area contributed by atoms with Crippen LogP contribution in [0.1, 0.15) is 5.56 Å². The summed E-state index contributed by atoms with van der Waals surface area (Å²) in [4.78, 5) is 23.6. The van der Waals surface area contributed by atoms with Crippen LogP contribution in [0.5, 0.6) is 0 Å². The predicted molar refractivity (Wildman–Crippen MR) is 71.5 cm³/mol. The number of nitrogens with two attached hydrogens (primary N) is 2. The quantitative estimate of drug-likeness (QED) is 0.527. The van der Waals surface area contributed by atoms with Gasteiger partial charge in [-0.1, -0.05) is 12.1 Å². The van der Waals surface area contributed by atoms with Crippen LogP contribution in [0.4, 0.5) is 5.69 Å². The molecule has 0 aliphatic rings. The number of benzene rings is 1. The highest BCUT2D eigenvalue weighted by Gasteiger charge is 2.13. The largest absolute Gasteiger partial charge is 0.340 e. The molecule has 7 nitrogen and oxygen atoms in total. The first kappa shape index (κ1) is 15.1. The molecular formula is C12H18N4O3. The summed E-state index contributed by atoms with van der Waals surface area (Å²) in [5, 5.41) is 10.5. The standard InChI is InChI=1S/C12H18N4O3/c13-5-7-15(8-6-14)12(17)9-10-1-3-11(4-2-10)16(18)19/h1-4H,5-9,13-14H2. The number of rotatable bonds is 7. The van der Waals surface area contributed by atoms with Gasteiger partial charge in [-0.05, 0) is 5.56 Å². The van der Waals surface area contributed by atoms with E-state index in [1.807, 2.05) is 0 Å². The van der Waals surface area contributed by atoms with Crippen LogP contribution < -0.4 is 11.5 Å². The Morgan fingerprint density at radius 3 is 2.11 bits per heavy atom. The molecule has 0 fully saturated rings. The molecule has 0 spiro atoms. The van der Waals surface area contributed by atoms with Crippen LogP contribution in [0.2, 0.25) is 0 Å². The zero-order valence-electron chi connectivity index (χ0n) is 10.6. The number of hydrogen-bond donors (Lipinski definition) is 2. The van der Waals surface area contributed by atoms with Crippen molar-refractivity contribution in [3.05, 3.63) is 39.9 Å². The third kappa shape index (κ3) is 4.65. The van der Waals surface area contributed by atoms with Gasteiger partial charge in [0.2, 0.25) is 5.91 Å². The lowest BCUT2D eigenvalue weighted by molar-refractivity contribution is -0.384. The molecule has 0 saturated carbocycles. The third-order valence-electron chi connectivity index (χ3n) is 2.65. The molecule has 0 saturated heterocycles. The lowest BCUT2D eigenvalue weighted by atomic mass is 10.1. The topological polar surface area (TPSA) is 115 Å². The van der Waals surface area contributed by atoms with E-state index in [0.717, 1.165) is 5.56 Å².